The molecule has 1 aliphatic heterocycles. The van der Waals surface area contributed by atoms with Crippen molar-refractivity contribution in [2.24, 2.45) is 17.8 Å². The van der Waals surface area contributed by atoms with E-state index in [1.165, 1.54) is 78.9 Å². The van der Waals surface area contributed by atoms with Crippen molar-refractivity contribution >= 4 is 35.2 Å². The quantitative estimate of drug-likeness (QED) is 0.152. The average molecular weight is 612 g/mol. The van der Waals surface area contributed by atoms with Gasteiger partial charge in [0, 0.05) is 8.99 Å². The molecule has 3 fully saturated rings. The van der Waals surface area contributed by atoms with Gasteiger partial charge in [-0.05, 0) is 116 Å². The highest BCUT2D eigenvalue weighted by molar-refractivity contribution is 14.1. The third kappa shape index (κ3) is 5.09. The molecule has 2 saturated carbocycles. The zero-order valence-corrected chi connectivity index (χ0v) is 25.9. The molecule has 1 saturated heterocycles. The van der Waals surface area contributed by atoms with Crippen molar-refractivity contribution in [1.82, 2.24) is 0 Å². The standard InChI is InChI=1S/C33H46BIO2/c1-6-7-8-9-10-11-12-24-23-27-17-22-30(24)33(27,26-15-20-29(35)21-16-26)25-13-18-28(19-14-25)34-36-31(2,3)32(4,5)37-34/h13-16,18-21,24,27,30H,6-12,17,22-23H2,1-5H3/t24-,27+,30-,33?/m0/s1. The van der Waals surface area contributed by atoms with Gasteiger partial charge in [0.2, 0.25) is 0 Å². The number of fused-ring (bicyclic) bond motifs is 2. The van der Waals surface area contributed by atoms with Crippen LogP contribution in [-0.4, -0.2) is 18.3 Å². The third-order valence-corrected chi connectivity index (χ3v) is 11.1. The smallest absolute Gasteiger partial charge is 0.399 e. The summed E-state index contributed by atoms with van der Waals surface area (Å²) in [7, 11) is -0.297. The van der Waals surface area contributed by atoms with E-state index in [9.17, 15) is 0 Å². The van der Waals surface area contributed by atoms with Gasteiger partial charge in [0.25, 0.3) is 0 Å². The highest BCUT2D eigenvalue weighted by Crippen LogP contribution is 2.65. The van der Waals surface area contributed by atoms with Crippen LogP contribution < -0.4 is 5.46 Å². The van der Waals surface area contributed by atoms with Crippen molar-refractivity contribution < 1.29 is 9.31 Å². The molecule has 2 aromatic rings. The Morgan fingerprint density at radius 2 is 1.35 bits per heavy atom. The van der Waals surface area contributed by atoms with E-state index in [4.69, 9.17) is 9.31 Å². The molecule has 0 amide bonds. The van der Waals surface area contributed by atoms with Crippen molar-refractivity contribution in [3.8, 4) is 0 Å². The molecule has 1 heterocycles. The van der Waals surface area contributed by atoms with Gasteiger partial charge < -0.3 is 9.31 Å². The van der Waals surface area contributed by atoms with E-state index in [0.29, 0.717) is 0 Å². The molecule has 2 aliphatic carbocycles. The Kier molecular flexibility index (Phi) is 8.21. The first-order chi connectivity index (χ1) is 17.7. The number of hydrogen-bond acceptors (Lipinski definition) is 2. The lowest BCUT2D eigenvalue weighted by molar-refractivity contribution is 0.00578. The lowest BCUT2D eigenvalue weighted by atomic mass is 9.65. The van der Waals surface area contributed by atoms with Crippen LogP contribution in [-0.2, 0) is 14.7 Å². The molecule has 0 radical (unpaired) electrons. The largest absolute Gasteiger partial charge is 0.494 e. The molecule has 37 heavy (non-hydrogen) atoms. The van der Waals surface area contributed by atoms with E-state index in [1.54, 1.807) is 0 Å². The van der Waals surface area contributed by atoms with E-state index in [1.807, 2.05) is 0 Å². The van der Waals surface area contributed by atoms with E-state index >= 15 is 0 Å². The predicted molar refractivity (Wildman–Crippen MR) is 164 cm³/mol. The molecule has 3 aliphatic rings. The van der Waals surface area contributed by atoms with Crippen LogP contribution >= 0.6 is 22.6 Å². The van der Waals surface area contributed by atoms with Gasteiger partial charge in [-0.15, -0.1) is 0 Å². The first kappa shape index (κ1) is 27.7. The van der Waals surface area contributed by atoms with Crippen molar-refractivity contribution in [2.75, 3.05) is 0 Å². The molecule has 2 bridgehead atoms. The van der Waals surface area contributed by atoms with Crippen LogP contribution in [0.3, 0.4) is 0 Å². The topological polar surface area (TPSA) is 18.5 Å². The second-order valence-electron chi connectivity index (χ2n) is 13.0. The summed E-state index contributed by atoms with van der Waals surface area (Å²) >= 11 is 2.44. The molecule has 2 aromatic carbocycles. The van der Waals surface area contributed by atoms with Gasteiger partial charge >= 0.3 is 7.12 Å². The number of rotatable bonds is 10. The molecule has 4 atom stereocenters. The predicted octanol–water partition coefficient (Wildman–Crippen LogP) is 8.67. The van der Waals surface area contributed by atoms with Crippen LogP contribution in [0.2, 0.25) is 0 Å². The Bertz CT molecular complexity index is 1030. The highest BCUT2D eigenvalue weighted by atomic mass is 127. The van der Waals surface area contributed by atoms with Gasteiger partial charge in [0.15, 0.2) is 0 Å². The summed E-state index contributed by atoms with van der Waals surface area (Å²) in [6, 6.07) is 18.9. The number of unbranched alkanes of at least 4 members (excludes halogenated alkanes) is 5. The van der Waals surface area contributed by atoms with Crippen LogP contribution in [0.4, 0.5) is 0 Å². The fraction of sp³-hybridized carbons (Fsp3) is 0.636. The van der Waals surface area contributed by atoms with Crippen molar-refractivity contribution in [2.45, 2.75) is 115 Å². The maximum absolute atomic E-state index is 6.37. The average Bonchev–Trinajstić information content (AvgIpc) is 3.46. The van der Waals surface area contributed by atoms with Crippen LogP contribution in [0.25, 0.3) is 0 Å². The van der Waals surface area contributed by atoms with E-state index < -0.39 is 0 Å². The van der Waals surface area contributed by atoms with Crippen LogP contribution in [0, 0.1) is 21.3 Å². The minimum absolute atomic E-state index is 0.145. The van der Waals surface area contributed by atoms with Crippen LogP contribution in [0.15, 0.2) is 48.5 Å². The van der Waals surface area contributed by atoms with E-state index in [2.05, 4.69) is 106 Å². The van der Waals surface area contributed by atoms with Gasteiger partial charge in [0.1, 0.15) is 0 Å². The molecule has 0 aromatic heterocycles. The Morgan fingerprint density at radius 3 is 1.97 bits per heavy atom. The number of halogens is 1. The lowest BCUT2D eigenvalue weighted by Gasteiger charge is -2.37. The highest BCUT2D eigenvalue weighted by Gasteiger charge is 2.60. The first-order valence-corrected chi connectivity index (χ1v) is 16.0. The van der Waals surface area contributed by atoms with E-state index in [-0.39, 0.29) is 23.7 Å². The fourth-order valence-electron chi connectivity index (χ4n) is 7.77. The second kappa shape index (κ2) is 11.0. The molecule has 0 spiro atoms. The Balaban J connectivity index is 1.41. The minimum atomic E-state index is -0.312. The zero-order valence-electron chi connectivity index (χ0n) is 23.7. The normalized spacial score (nSPS) is 29.8. The van der Waals surface area contributed by atoms with Gasteiger partial charge in [-0.1, -0.05) is 88.3 Å². The van der Waals surface area contributed by atoms with Gasteiger partial charge in [-0.2, -0.15) is 0 Å². The summed E-state index contributed by atoms with van der Waals surface area (Å²) < 4.78 is 14.1. The zero-order chi connectivity index (χ0) is 26.3. The third-order valence-electron chi connectivity index (χ3n) is 10.4. The van der Waals surface area contributed by atoms with Gasteiger partial charge in [0.05, 0.1) is 11.2 Å². The lowest BCUT2D eigenvalue weighted by Crippen LogP contribution is -2.41. The number of hydrogen-bond donors (Lipinski definition) is 0. The maximum atomic E-state index is 6.37. The molecule has 1 unspecified atom stereocenters. The monoisotopic (exact) mass is 612 g/mol. The summed E-state index contributed by atoms with van der Waals surface area (Å²) in [6.45, 7) is 10.8. The summed E-state index contributed by atoms with van der Waals surface area (Å²) in [4.78, 5) is 0. The van der Waals surface area contributed by atoms with Gasteiger partial charge in [-0.25, -0.2) is 0 Å². The summed E-state index contributed by atoms with van der Waals surface area (Å²) in [5.41, 5.74) is 3.70. The minimum Gasteiger partial charge on any atom is -0.399 e. The molecule has 5 rings (SSSR count). The van der Waals surface area contributed by atoms with Crippen molar-refractivity contribution in [3.63, 3.8) is 0 Å². The molecule has 0 N–H and O–H groups in total. The van der Waals surface area contributed by atoms with E-state index in [0.717, 1.165) is 23.2 Å². The van der Waals surface area contributed by atoms with Crippen molar-refractivity contribution in [1.29, 1.82) is 0 Å². The molecular formula is C33H46BIO2. The Labute approximate surface area is 240 Å². The molecule has 200 valence electrons. The second-order valence-corrected chi connectivity index (χ2v) is 14.3. The maximum Gasteiger partial charge on any atom is 0.494 e. The summed E-state index contributed by atoms with van der Waals surface area (Å²) in [5, 5.41) is 0. The Hall–Kier alpha value is -0.845. The summed E-state index contributed by atoms with van der Waals surface area (Å²) in [6.07, 6.45) is 13.9. The molecule has 4 heteroatoms. The van der Waals surface area contributed by atoms with Crippen molar-refractivity contribution in [3.05, 3.63) is 63.2 Å². The Morgan fingerprint density at radius 1 is 0.784 bits per heavy atom. The first-order valence-electron chi connectivity index (χ1n) is 14.9. The molecule has 2 nitrogen and oxygen atoms in total. The number of benzene rings is 2. The summed E-state index contributed by atoms with van der Waals surface area (Å²) in [5.74, 6) is 2.34. The van der Waals surface area contributed by atoms with Gasteiger partial charge in [-0.3, -0.25) is 0 Å². The SMILES string of the molecule is CCCCCCCC[C@H]1C[C@H]2CC[C@@H]1C2(c1ccc(I)cc1)c1ccc(B2OC(C)(C)C(C)(C)O2)cc1. The fourth-order valence-corrected chi connectivity index (χ4v) is 8.13. The van der Waals surface area contributed by atoms with Crippen LogP contribution in [0.5, 0.6) is 0 Å². The van der Waals surface area contributed by atoms with Crippen LogP contribution in [0.1, 0.15) is 110 Å². The molecular weight excluding hydrogens is 566 g/mol.